The highest BCUT2D eigenvalue weighted by Gasteiger charge is 2.30. The molecule has 0 bridgehead atoms. The van der Waals surface area contributed by atoms with Gasteiger partial charge in [-0.25, -0.2) is 9.97 Å². The summed E-state index contributed by atoms with van der Waals surface area (Å²) in [4.78, 5) is 20.9. The van der Waals surface area contributed by atoms with Crippen molar-refractivity contribution < 1.29 is 4.79 Å². The zero-order chi connectivity index (χ0) is 11.0. The SMILES string of the molecule is O=C1CC(Br)CN1c1cnc(Cl)nc1Cl. The van der Waals surface area contributed by atoms with Gasteiger partial charge in [0.1, 0.15) is 5.69 Å². The van der Waals surface area contributed by atoms with Gasteiger partial charge in [0.2, 0.25) is 11.2 Å². The average Bonchev–Trinajstić information content (AvgIpc) is 2.45. The predicted molar refractivity (Wildman–Crippen MR) is 61.7 cm³/mol. The number of amides is 1. The lowest BCUT2D eigenvalue weighted by Gasteiger charge is -2.15. The van der Waals surface area contributed by atoms with Gasteiger partial charge in [-0.05, 0) is 11.6 Å². The van der Waals surface area contributed by atoms with Crippen LogP contribution in [0.1, 0.15) is 6.42 Å². The van der Waals surface area contributed by atoms with Crippen molar-refractivity contribution in [2.24, 2.45) is 0 Å². The van der Waals surface area contributed by atoms with Crippen LogP contribution in [0.4, 0.5) is 5.69 Å². The number of hydrogen-bond donors (Lipinski definition) is 0. The first-order chi connectivity index (χ1) is 7.08. The summed E-state index contributed by atoms with van der Waals surface area (Å²) in [6.07, 6.45) is 1.92. The maximum Gasteiger partial charge on any atom is 0.228 e. The molecule has 0 aliphatic carbocycles. The van der Waals surface area contributed by atoms with E-state index in [0.29, 0.717) is 18.7 Å². The number of aromatic nitrogens is 2. The van der Waals surface area contributed by atoms with Gasteiger partial charge < -0.3 is 4.90 Å². The lowest BCUT2D eigenvalue weighted by molar-refractivity contribution is -0.117. The molecule has 1 saturated heterocycles. The van der Waals surface area contributed by atoms with Gasteiger partial charge >= 0.3 is 0 Å². The summed E-state index contributed by atoms with van der Waals surface area (Å²) in [5, 5.41) is 0.274. The van der Waals surface area contributed by atoms with E-state index in [4.69, 9.17) is 23.2 Å². The smallest absolute Gasteiger partial charge is 0.228 e. The maximum atomic E-state index is 11.6. The molecule has 1 aromatic heterocycles. The lowest BCUT2D eigenvalue weighted by atomic mass is 10.4. The van der Waals surface area contributed by atoms with Crippen molar-refractivity contribution in [3.8, 4) is 0 Å². The topological polar surface area (TPSA) is 46.1 Å². The molecule has 0 spiro atoms. The highest BCUT2D eigenvalue weighted by atomic mass is 79.9. The van der Waals surface area contributed by atoms with Crippen LogP contribution in [0.15, 0.2) is 6.20 Å². The summed E-state index contributed by atoms with van der Waals surface area (Å²) in [5.74, 6) is 0.00435. The van der Waals surface area contributed by atoms with Crippen LogP contribution < -0.4 is 4.90 Å². The summed E-state index contributed by atoms with van der Waals surface area (Å²) in [6, 6.07) is 0. The summed E-state index contributed by atoms with van der Waals surface area (Å²) >= 11 is 14.8. The Morgan fingerprint density at radius 1 is 1.53 bits per heavy atom. The summed E-state index contributed by atoms with van der Waals surface area (Å²) in [6.45, 7) is 0.573. The Morgan fingerprint density at radius 3 is 2.80 bits per heavy atom. The van der Waals surface area contributed by atoms with Crippen molar-refractivity contribution in [3.05, 3.63) is 16.6 Å². The number of carbonyl (C=O) groups is 1. The fourth-order valence-corrected chi connectivity index (χ4v) is 2.39. The van der Waals surface area contributed by atoms with E-state index in [-0.39, 0.29) is 21.2 Å². The van der Waals surface area contributed by atoms with Crippen LogP contribution in [-0.2, 0) is 4.79 Å². The normalized spacial score (nSPS) is 21.1. The number of hydrogen-bond acceptors (Lipinski definition) is 3. The Hall–Kier alpha value is -0.390. The molecular weight excluding hydrogens is 305 g/mol. The minimum atomic E-state index is 0.00435. The third-order valence-electron chi connectivity index (χ3n) is 2.06. The van der Waals surface area contributed by atoms with E-state index in [1.807, 2.05) is 0 Å². The molecule has 1 aliphatic heterocycles. The van der Waals surface area contributed by atoms with E-state index in [0.717, 1.165) is 0 Å². The van der Waals surface area contributed by atoms with Gasteiger partial charge in [-0.2, -0.15) is 0 Å². The third kappa shape index (κ3) is 2.24. The fourth-order valence-electron chi connectivity index (χ4n) is 1.41. The highest BCUT2D eigenvalue weighted by molar-refractivity contribution is 9.09. The van der Waals surface area contributed by atoms with Crippen molar-refractivity contribution in [2.75, 3.05) is 11.4 Å². The molecule has 1 fully saturated rings. The second-order valence-electron chi connectivity index (χ2n) is 3.12. The first kappa shape index (κ1) is 11.1. The Bertz CT molecular complexity index is 415. The van der Waals surface area contributed by atoms with Crippen LogP contribution in [0.2, 0.25) is 10.4 Å². The molecule has 1 amide bonds. The number of nitrogens with zero attached hydrogens (tertiary/aromatic N) is 3. The van der Waals surface area contributed by atoms with Crippen molar-refractivity contribution in [3.63, 3.8) is 0 Å². The Labute approximate surface area is 105 Å². The minimum Gasteiger partial charge on any atom is -0.307 e. The summed E-state index contributed by atoms with van der Waals surface area (Å²) in [7, 11) is 0. The van der Waals surface area contributed by atoms with Crippen molar-refractivity contribution in [1.29, 1.82) is 0 Å². The van der Waals surface area contributed by atoms with Crippen LogP contribution in [-0.4, -0.2) is 27.2 Å². The molecule has 1 atom stereocenters. The van der Waals surface area contributed by atoms with Gasteiger partial charge in [0, 0.05) is 17.8 Å². The lowest BCUT2D eigenvalue weighted by Crippen LogP contribution is -2.25. The van der Waals surface area contributed by atoms with Crippen LogP contribution in [0.3, 0.4) is 0 Å². The molecule has 2 heterocycles. The molecule has 1 aromatic rings. The summed E-state index contributed by atoms with van der Waals surface area (Å²) in [5.41, 5.74) is 0.507. The Morgan fingerprint density at radius 2 is 2.27 bits per heavy atom. The van der Waals surface area contributed by atoms with Crippen LogP contribution in [0, 0.1) is 0 Å². The van der Waals surface area contributed by atoms with Crippen LogP contribution in [0.25, 0.3) is 0 Å². The maximum absolute atomic E-state index is 11.6. The minimum absolute atomic E-state index is 0.00435. The highest BCUT2D eigenvalue weighted by Crippen LogP contribution is 2.29. The predicted octanol–water partition coefficient (Wildman–Crippen LogP) is 2.28. The number of carbonyl (C=O) groups excluding carboxylic acids is 1. The molecule has 1 aliphatic rings. The zero-order valence-electron chi connectivity index (χ0n) is 7.45. The standard InChI is InChI=1S/C8H6BrCl2N3O/c9-4-1-6(15)14(3-4)5-2-12-8(11)13-7(5)10/h2,4H,1,3H2. The van der Waals surface area contributed by atoms with Gasteiger partial charge in [0.25, 0.3) is 0 Å². The van der Waals surface area contributed by atoms with E-state index in [1.165, 1.54) is 6.20 Å². The van der Waals surface area contributed by atoms with Gasteiger partial charge in [-0.3, -0.25) is 4.79 Å². The van der Waals surface area contributed by atoms with Crippen molar-refractivity contribution in [1.82, 2.24) is 9.97 Å². The van der Waals surface area contributed by atoms with Crippen LogP contribution >= 0.6 is 39.1 Å². The molecular formula is C8H6BrCl2N3O. The van der Waals surface area contributed by atoms with Gasteiger partial charge in [-0.1, -0.05) is 27.5 Å². The van der Waals surface area contributed by atoms with E-state index in [1.54, 1.807) is 4.90 Å². The van der Waals surface area contributed by atoms with Gasteiger partial charge in [0.15, 0.2) is 5.15 Å². The second-order valence-corrected chi connectivity index (χ2v) is 5.11. The molecule has 2 rings (SSSR count). The Balaban J connectivity index is 2.34. The van der Waals surface area contributed by atoms with Crippen molar-refractivity contribution >= 4 is 50.7 Å². The molecule has 7 heteroatoms. The number of alkyl halides is 1. The van der Waals surface area contributed by atoms with E-state index in [9.17, 15) is 4.79 Å². The van der Waals surface area contributed by atoms with Crippen molar-refractivity contribution in [2.45, 2.75) is 11.2 Å². The molecule has 0 N–H and O–H groups in total. The van der Waals surface area contributed by atoms with Gasteiger partial charge in [0.05, 0.1) is 6.20 Å². The van der Waals surface area contributed by atoms with E-state index >= 15 is 0 Å². The average molecular weight is 311 g/mol. The fraction of sp³-hybridized carbons (Fsp3) is 0.375. The van der Waals surface area contributed by atoms with Crippen LogP contribution in [0.5, 0.6) is 0 Å². The van der Waals surface area contributed by atoms with E-state index in [2.05, 4.69) is 25.9 Å². The zero-order valence-corrected chi connectivity index (χ0v) is 10.6. The first-order valence-corrected chi connectivity index (χ1v) is 5.87. The third-order valence-corrected chi connectivity index (χ3v) is 3.14. The summed E-state index contributed by atoms with van der Waals surface area (Å²) < 4.78 is 0. The molecule has 4 nitrogen and oxygen atoms in total. The largest absolute Gasteiger partial charge is 0.307 e. The Kier molecular flexibility index (Phi) is 3.13. The molecule has 0 aromatic carbocycles. The molecule has 0 radical (unpaired) electrons. The molecule has 80 valence electrons. The molecule has 0 saturated carbocycles. The molecule has 1 unspecified atom stereocenters. The number of anilines is 1. The first-order valence-electron chi connectivity index (χ1n) is 4.20. The quantitative estimate of drug-likeness (QED) is 0.454. The van der Waals surface area contributed by atoms with E-state index < -0.39 is 0 Å². The molecule has 15 heavy (non-hydrogen) atoms. The second kappa shape index (κ2) is 4.23. The number of halogens is 3. The monoisotopic (exact) mass is 309 g/mol. The van der Waals surface area contributed by atoms with Gasteiger partial charge in [-0.15, -0.1) is 0 Å². The number of rotatable bonds is 1.